The lowest BCUT2D eigenvalue weighted by atomic mass is 10.0. The number of tetrazole rings is 1. The molecule has 4 aromatic heterocycles. The molecule has 5 rings (SSSR count). The molecule has 0 aliphatic carbocycles. The first kappa shape index (κ1) is 22.9. The molecule has 180 valence electrons. The van der Waals surface area contributed by atoms with Crippen LogP contribution in [-0.2, 0) is 6.54 Å². The highest BCUT2D eigenvalue weighted by Crippen LogP contribution is 2.28. The lowest BCUT2D eigenvalue weighted by Crippen LogP contribution is -2.23. The molecule has 0 fully saturated rings. The van der Waals surface area contributed by atoms with E-state index >= 15 is 0 Å². The molecule has 4 heterocycles. The van der Waals surface area contributed by atoms with Gasteiger partial charge in [0.2, 0.25) is 0 Å². The number of halogens is 1. The zero-order valence-electron chi connectivity index (χ0n) is 18.8. The van der Waals surface area contributed by atoms with Crippen LogP contribution < -0.4 is 10.5 Å². The molecule has 1 aromatic carbocycles. The number of nitrogens with one attached hydrogen (secondary N) is 1. The Labute approximate surface area is 208 Å². The van der Waals surface area contributed by atoms with Crippen LogP contribution in [0.1, 0.15) is 5.82 Å². The summed E-state index contributed by atoms with van der Waals surface area (Å²) in [5.74, 6) is 0.561. The zero-order chi connectivity index (χ0) is 25.2. The fourth-order valence-corrected chi connectivity index (χ4v) is 3.78. The molecular weight excluding hydrogens is 486 g/mol. The largest absolute Gasteiger partial charge is 0.465 e. The predicted octanol–water partition coefficient (Wildman–Crippen LogP) is 3.09. The highest BCUT2D eigenvalue weighted by molar-refractivity contribution is 6.31. The average molecular weight is 504 g/mol. The van der Waals surface area contributed by atoms with Crippen molar-refractivity contribution >= 4 is 23.4 Å². The van der Waals surface area contributed by atoms with E-state index in [9.17, 15) is 9.59 Å². The van der Waals surface area contributed by atoms with Crippen LogP contribution in [0, 0.1) is 0 Å². The minimum absolute atomic E-state index is 0.217. The van der Waals surface area contributed by atoms with Gasteiger partial charge in [-0.3, -0.25) is 14.7 Å². The molecular formula is C23H18ClN9O3. The summed E-state index contributed by atoms with van der Waals surface area (Å²) in [4.78, 5) is 36.9. The fraction of sp³-hybridized carbons (Fsp3) is 0.0870. The Kier molecular flexibility index (Phi) is 6.00. The summed E-state index contributed by atoms with van der Waals surface area (Å²) < 4.78 is 3.02. The number of aromatic amines is 1. The number of rotatable bonds is 6. The molecule has 12 nitrogen and oxygen atoms in total. The van der Waals surface area contributed by atoms with Gasteiger partial charge in [-0.1, -0.05) is 11.6 Å². The van der Waals surface area contributed by atoms with Crippen LogP contribution in [-0.4, -0.2) is 58.0 Å². The maximum atomic E-state index is 12.9. The molecule has 13 heteroatoms. The summed E-state index contributed by atoms with van der Waals surface area (Å²) in [5, 5.41) is 20.9. The SMILES string of the molecule is CN(C(=O)O)c1ccc(-c2cnc(Cn3ccc(-c4cc(Cl)ccc4-n4cnnn4)cc3=O)[nH]2)nc1. The molecule has 36 heavy (non-hydrogen) atoms. The van der Waals surface area contributed by atoms with E-state index in [0.717, 1.165) is 4.90 Å². The molecule has 0 saturated carbocycles. The van der Waals surface area contributed by atoms with Crippen molar-refractivity contribution in [3.8, 4) is 28.2 Å². The second-order valence-corrected chi connectivity index (χ2v) is 8.22. The van der Waals surface area contributed by atoms with Crippen LogP contribution in [0.4, 0.5) is 10.5 Å². The van der Waals surface area contributed by atoms with Crippen molar-refractivity contribution in [1.82, 2.24) is 39.7 Å². The van der Waals surface area contributed by atoms with Crippen molar-refractivity contribution in [2.75, 3.05) is 11.9 Å². The highest BCUT2D eigenvalue weighted by Gasteiger charge is 2.13. The number of benzene rings is 1. The van der Waals surface area contributed by atoms with Crippen LogP contribution in [0.2, 0.25) is 5.02 Å². The molecule has 0 aliphatic rings. The Morgan fingerprint density at radius 1 is 1.14 bits per heavy atom. The zero-order valence-corrected chi connectivity index (χ0v) is 19.5. The van der Waals surface area contributed by atoms with E-state index in [4.69, 9.17) is 16.7 Å². The summed E-state index contributed by atoms with van der Waals surface area (Å²) in [7, 11) is 1.44. The number of hydrogen-bond acceptors (Lipinski definition) is 7. The predicted molar refractivity (Wildman–Crippen MR) is 131 cm³/mol. The minimum atomic E-state index is -1.08. The summed E-state index contributed by atoms with van der Waals surface area (Å²) in [6.45, 7) is 0.217. The molecule has 2 N–H and O–H groups in total. The molecule has 0 atom stereocenters. The van der Waals surface area contributed by atoms with Crippen molar-refractivity contribution in [2.24, 2.45) is 0 Å². The molecule has 0 spiro atoms. The first-order valence-electron chi connectivity index (χ1n) is 10.6. The summed E-state index contributed by atoms with van der Waals surface area (Å²) >= 11 is 6.21. The number of aromatic nitrogens is 8. The number of carbonyl (C=O) groups is 1. The smallest absolute Gasteiger partial charge is 0.411 e. The Morgan fingerprint density at radius 3 is 2.69 bits per heavy atom. The Morgan fingerprint density at radius 2 is 2.00 bits per heavy atom. The molecule has 0 aliphatic heterocycles. The second-order valence-electron chi connectivity index (χ2n) is 7.78. The Balaban J connectivity index is 1.37. The topological polar surface area (TPSA) is 148 Å². The third-order valence-corrected chi connectivity index (χ3v) is 5.74. The normalized spacial score (nSPS) is 10.9. The van der Waals surface area contributed by atoms with E-state index in [1.807, 2.05) is 6.07 Å². The standard InChI is InChI=1S/C23H18ClN9O3/c1-31(23(35)36)16-3-4-18(25-10-16)19-11-26-21(28-19)12-32-7-6-14(8-22(32)34)17-9-15(24)2-5-20(17)33-13-27-29-30-33/h2-11,13H,12H2,1H3,(H,26,28)(H,35,36). The number of amides is 1. The van der Waals surface area contributed by atoms with Crippen molar-refractivity contribution in [3.05, 3.63) is 88.6 Å². The number of nitrogens with zero attached hydrogens (tertiary/aromatic N) is 8. The van der Waals surface area contributed by atoms with Crippen LogP contribution in [0.25, 0.3) is 28.2 Å². The summed E-state index contributed by atoms with van der Waals surface area (Å²) in [6, 6.07) is 11.9. The van der Waals surface area contributed by atoms with Crippen LogP contribution in [0.5, 0.6) is 0 Å². The average Bonchev–Trinajstić information content (AvgIpc) is 3.58. The van der Waals surface area contributed by atoms with E-state index < -0.39 is 6.09 Å². The van der Waals surface area contributed by atoms with Crippen molar-refractivity contribution in [2.45, 2.75) is 6.54 Å². The lowest BCUT2D eigenvalue weighted by molar-refractivity contribution is 0.203. The quantitative estimate of drug-likeness (QED) is 0.359. The van der Waals surface area contributed by atoms with Gasteiger partial charge in [0.25, 0.3) is 5.56 Å². The highest BCUT2D eigenvalue weighted by atomic mass is 35.5. The number of imidazole rings is 1. The van der Waals surface area contributed by atoms with Crippen LogP contribution in [0.3, 0.4) is 0 Å². The molecule has 0 radical (unpaired) electrons. The van der Waals surface area contributed by atoms with E-state index in [2.05, 4.69) is 30.5 Å². The third kappa shape index (κ3) is 4.57. The summed E-state index contributed by atoms with van der Waals surface area (Å²) in [5.41, 5.74) is 3.51. The third-order valence-electron chi connectivity index (χ3n) is 5.51. The van der Waals surface area contributed by atoms with Gasteiger partial charge in [0.05, 0.1) is 41.7 Å². The van der Waals surface area contributed by atoms with Gasteiger partial charge in [-0.25, -0.2) is 9.78 Å². The Hall–Kier alpha value is -4.84. The number of anilines is 1. The number of pyridine rings is 2. The van der Waals surface area contributed by atoms with Crippen LogP contribution in [0.15, 0.2) is 72.2 Å². The van der Waals surface area contributed by atoms with E-state index in [0.29, 0.717) is 44.7 Å². The van der Waals surface area contributed by atoms with E-state index in [-0.39, 0.29) is 12.1 Å². The van der Waals surface area contributed by atoms with Crippen molar-refractivity contribution in [3.63, 3.8) is 0 Å². The van der Waals surface area contributed by atoms with Gasteiger partial charge in [0.15, 0.2) is 0 Å². The number of carboxylic acid groups (broad SMARTS) is 1. The number of hydrogen-bond donors (Lipinski definition) is 2. The lowest BCUT2D eigenvalue weighted by Gasteiger charge is -2.12. The van der Waals surface area contributed by atoms with Crippen molar-refractivity contribution in [1.29, 1.82) is 0 Å². The van der Waals surface area contributed by atoms with Gasteiger partial charge in [-0.15, -0.1) is 5.10 Å². The van der Waals surface area contributed by atoms with E-state index in [1.54, 1.807) is 42.7 Å². The van der Waals surface area contributed by atoms with Crippen molar-refractivity contribution < 1.29 is 9.90 Å². The van der Waals surface area contributed by atoms with Gasteiger partial charge in [-0.2, -0.15) is 4.68 Å². The Bertz CT molecular complexity index is 1590. The fourth-order valence-electron chi connectivity index (χ4n) is 3.61. The molecule has 0 unspecified atom stereocenters. The van der Waals surface area contributed by atoms with Gasteiger partial charge in [0.1, 0.15) is 12.2 Å². The molecule has 0 bridgehead atoms. The molecule has 5 aromatic rings. The number of H-pyrrole nitrogens is 1. The maximum Gasteiger partial charge on any atom is 0.411 e. The monoisotopic (exact) mass is 503 g/mol. The van der Waals surface area contributed by atoms with Gasteiger partial charge < -0.3 is 14.7 Å². The second kappa shape index (κ2) is 9.43. The first-order valence-corrected chi connectivity index (χ1v) is 11.0. The minimum Gasteiger partial charge on any atom is -0.465 e. The molecule has 0 saturated heterocycles. The first-order chi connectivity index (χ1) is 17.4. The molecule has 1 amide bonds. The maximum absolute atomic E-state index is 12.9. The van der Waals surface area contributed by atoms with Crippen LogP contribution >= 0.6 is 11.6 Å². The van der Waals surface area contributed by atoms with Gasteiger partial charge >= 0.3 is 6.09 Å². The van der Waals surface area contributed by atoms with Gasteiger partial charge in [-0.05, 0) is 52.4 Å². The van der Waals surface area contributed by atoms with E-state index in [1.165, 1.54) is 34.9 Å². The summed E-state index contributed by atoms with van der Waals surface area (Å²) in [6.07, 6.45) is 5.15. The van der Waals surface area contributed by atoms with Gasteiger partial charge in [0, 0.05) is 29.9 Å².